The van der Waals surface area contributed by atoms with Gasteiger partial charge in [0.25, 0.3) is 0 Å². The van der Waals surface area contributed by atoms with Crippen LogP contribution in [0.4, 0.5) is 5.69 Å². The van der Waals surface area contributed by atoms with Crippen LogP contribution in [-0.4, -0.2) is 21.2 Å². The summed E-state index contributed by atoms with van der Waals surface area (Å²) in [6.07, 6.45) is 5.27. The Morgan fingerprint density at radius 2 is 2.12 bits per heavy atom. The first kappa shape index (κ1) is 12.9. The number of hydrogen-bond acceptors (Lipinski definition) is 3. The average molecular weight is 255 g/mol. The van der Waals surface area contributed by atoms with Crippen LogP contribution >= 0.6 is 12.6 Å². The Bertz CT molecular complexity index is 529. The van der Waals surface area contributed by atoms with Gasteiger partial charge in [-0.05, 0) is 25.1 Å². The topological polar surface area (TPSA) is 37.4 Å². The molecule has 1 aromatic rings. The summed E-state index contributed by atoms with van der Waals surface area (Å²) in [5.74, 6) is 2.50. The van der Waals surface area contributed by atoms with E-state index in [-0.39, 0.29) is 5.75 Å². The predicted molar refractivity (Wildman–Crippen MR) is 69.5 cm³/mol. The van der Waals surface area contributed by atoms with E-state index in [1.165, 1.54) is 11.4 Å². The van der Waals surface area contributed by atoms with Crippen LogP contribution in [0.5, 0.6) is 0 Å². The van der Waals surface area contributed by atoms with E-state index in [4.69, 9.17) is 6.42 Å². The van der Waals surface area contributed by atoms with Crippen molar-refractivity contribution in [3.8, 4) is 12.3 Å². The van der Waals surface area contributed by atoms with Gasteiger partial charge in [-0.2, -0.15) is 0 Å². The monoisotopic (exact) mass is 255 g/mol. The molecule has 1 rings (SSSR count). The Morgan fingerprint density at radius 1 is 1.50 bits per heavy atom. The van der Waals surface area contributed by atoms with Gasteiger partial charge >= 0.3 is 0 Å². The van der Waals surface area contributed by atoms with Crippen molar-refractivity contribution >= 4 is 28.3 Å². The number of rotatable bonds is 3. The molecule has 0 bridgehead atoms. The summed E-state index contributed by atoms with van der Waals surface area (Å²) in [7, 11) is -1.79. The van der Waals surface area contributed by atoms with Gasteiger partial charge in [0.15, 0.2) is 0 Å². The van der Waals surface area contributed by atoms with Crippen LogP contribution < -0.4 is 4.31 Å². The van der Waals surface area contributed by atoms with Gasteiger partial charge in [-0.15, -0.1) is 19.1 Å². The number of benzene rings is 1. The van der Waals surface area contributed by atoms with Crippen molar-refractivity contribution in [2.24, 2.45) is 0 Å². The Hall–Kier alpha value is -1.12. The first-order chi connectivity index (χ1) is 7.42. The Labute approximate surface area is 102 Å². The molecule has 0 unspecified atom stereocenters. The van der Waals surface area contributed by atoms with Gasteiger partial charge in [0.05, 0.1) is 11.4 Å². The van der Waals surface area contributed by atoms with Crippen LogP contribution in [0.25, 0.3) is 0 Å². The average Bonchev–Trinajstić information content (AvgIpc) is 2.29. The molecule has 0 aromatic heterocycles. The second-order valence-electron chi connectivity index (χ2n) is 3.22. The molecule has 0 amide bonds. The van der Waals surface area contributed by atoms with Crippen molar-refractivity contribution in [1.29, 1.82) is 0 Å². The number of hydrogen-bond donors (Lipinski definition) is 1. The number of nitrogens with zero attached hydrogens (tertiary/aromatic N) is 1. The summed E-state index contributed by atoms with van der Waals surface area (Å²) >= 11 is 4.22. The van der Waals surface area contributed by atoms with E-state index in [2.05, 4.69) is 18.5 Å². The molecule has 0 spiro atoms. The number of terminal acetylenes is 1. The van der Waals surface area contributed by atoms with E-state index in [1.807, 2.05) is 0 Å². The molecule has 3 nitrogen and oxygen atoms in total. The molecular formula is C11H13NO2S2. The zero-order valence-electron chi connectivity index (χ0n) is 9.14. The first-order valence-corrected chi connectivity index (χ1v) is 6.74. The largest absolute Gasteiger partial charge is 0.272 e. The molecule has 0 fully saturated rings. The van der Waals surface area contributed by atoms with E-state index in [9.17, 15) is 8.42 Å². The molecule has 0 radical (unpaired) electrons. The fraction of sp³-hybridized carbons (Fsp3) is 0.273. The third-order valence-electron chi connectivity index (χ3n) is 2.26. The van der Waals surface area contributed by atoms with Crippen LogP contribution in [0.2, 0.25) is 0 Å². The molecule has 0 N–H and O–H groups in total. The van der Waals surface area contributed by atoms with E-state index in [0.29, 0.717) is 16.1 Å². The lowest BCUT2D eigenvalue weighted by Crippen LogP contribution is -2.28. The lowest BCUT2D eigenvalue weighted by atomic mass is 10.2. The molecule has 0 heterocycles. The third-order valence-corrected chi connectivity index (χ3v) is 4.40. The second kappa shape index (κ2) is 4.81. The quantitative estimate of drug-likeness (QED) is 0.660. The summed E-state index contributed by atoms with van der Waals surface area (Å²) in [6, 6.07) is 5.04. The van der Waals surface area contributed by atoms with Gasteiger partial charge in [0.1, 0.15) is 0 Å². The summed E-state index contributed by atoms with van der Waals surface area (Å²) in [5, 5.41) is 0. The zero-order valence-corrected chi connectivity index (χ0v) is 10.8. The third kappa shape index (κ3) is 2.52. The maximum Gasteiger partial charge on any atom is 0.234 e. The van der Waals surface area contributed by atoms with E-state index >= 15 is 0 Å². The standard InChI is InChI=1S/C11H13NO2S2/c1-4-9-6-7-11(15)10(8-9)12(3)16(13,14)5-2/h1,6-8,15H,5H2,2-3H3. The minimum absolute atomic E-state index is 0.0387. The van der Waals surface area contributed by atoms with Crippen molar-refractivity contribution in [3.63, 3.8) is 0 Å². The molecule has 16 heavy (non-hydrogen) atoms. The van der Waals surface area contributed by atoms with Crippen LogP contribution in [0.3, 0.4) is 0 Å². The lowest BCUT2D eigenvalue weighted by molar-refractivity contribution is 0.595. The van der Waals surface area contributed by atoms with Gasteiger partial charge in [-0.3, -0.25) is 4.31 Å². The smallest absolute Gasteiger partial charge is 0.234 e. The van der Waals surface area contributed by atoms with Crippen LogP contribution in [0.15, 0.2) is 23.1 Å². The van der Waals surface area contributed by atoms with Gasteiger partial charge in [-0.25, -0.2) is 8.42 Å². The minimum Gasteiger partial charge on any atom is -0.272 e. The van der Waals surface area contributed by atoms with Gasteiger partial charge in [0.2, 0.25) is 10.0 Å². The zero-order chi connectivity index (χ0) is 12.3. The normalized spacial score (nSPS) is 10.9. The van der Waals surface area contributed by atoms with Crippen molar-refractivity contribution in [3.05, 3.63) is 23.8 Å². The van der Waals surface area contributed by atoms with E-state index < -0.39 is 10.0 Å². The SMILES string of the molecule is C#Cc1ccc(S)c(N(C)S(=O)(=O)CC)c1. The van der Waals surface area contributed by atoms with Crippen LogP contribution in [0.1, 0.15) is 12.5 Å². The van der Waals surface area contributed by atoms with Crippen LogP contribution in [-0.2, 0) is 10.0 Å². The molecule has 1 aromatic carbocycles. The fourth-order valence-corrected chi connectivity index (χ4v) is 2.40. The van der Waals surface area contributed by atoms with Crippen molar-refractivity contribution in [2.45, 2.75) is 11.8 Å². The second-order valence-corrected chi connectivity index (χ2v) is 5.99. The Kier molecular flexibility index (Phi) is 3.89. The summed E-state index contributed by atoms with van der Waals surface area (Å²) in [4.78, 5) is 0.582. The maximum absolute atomic E-state index is 11.7. The van der Waals surface area contributed by atoms with Crippen LogP contribution in [0, 0.1) is 12.3 Å². The van der Waals surface area contributed by atoms with E-state index in [1.54, 1.807) is 25.1 Å². The first-order valence-electron chi connectivity index (χ1n) is 4.68. The number of thiol groups is 1. The van der Waals surface area contributed by atoms with Gasteiger partial charge < -0.3 is 0 Å². The fourth-order valence-electron chi connectivity index (χ4n) is 1.21. The summed E-state index contributed by atoms with van der Waals surface area (Å²) in [6.45, 7) is 1.59. The molecule has 86 valence electrons. The van der Waals surface area contributed by atoms with Gasteiger partial charge in [-0.1, -0.05) is 5.92 Å². The molecule has 0 aliphatic carbocycles. The highest BCUT2D eigenvalue weighted by Gasteiger charge is 2.17. The molecule has 0 aliphatic heterocycles. The highest BCUT2D eigenvalue weighted by molar-refractivity contribution is 7.92. The molecular weight excluding hydrogens is 242 g/mol. The highest BCUT2D eigenvalue weighted by Crippen LogP contribution is 2.26. The van der Waals surface area contributed by atoms with Gasteiger partial charge in [0, 0.05) is 17.5 Å². The summed E-state index contributed by atoms with van der Waals surface area (Å²) in [5.41, 5.74) is 1.13. The van der Waals surface area contributed by atoms with Crippen molar-refractivity contribution in [2.75, 3.05) is 17.1 Å². The Morgan fingerprint density at radius 3 is 2.62 bits per heavy atom. The minimum atomic E-state index is -3.28. The molecule has 0 atom stereocenters. The number of sulfonamides is 1. The lowest BCUT2D eigenvalue weighted by Gasteiger charge is -2.20. The highest BCUT2D eigenvalue weighted by atomic mass is 32.2. The molecule has 0 saturated heterocycles. The predicted octanol–water partition coefficient (Wildman–Crippen LogP) is 1.74. The molecule has 0 saturated carbocycles. The maximum atomic E-state index is 11.7. The van der Waals surface area contributed by atoms with E-state index in [0.717, 1.165) is 0 Å². The Balaban J connectivity index is 3.29. The summed E-state index contributed by atoms with van der Waals surface area (Å²) < 4.78 is 24.6. The number of anilines is 1. The van der Waals surface area contributed by atoms with Crippen molar-refractivity contribution in [1.82, 2.24) is 0 Å². The van der Waals surface area contributed by atoms with Crippen molar-refractivity contribution < 1.29 is 8.42 Å². The molecule has 0 aliphatic rings. The molecule has 5 heteroatoms.